The molecule has 0 saturated carbocycles. The van der Waals surface area contributed by atoms with Gasteiger partial charge in [-0.05, 0) is 32.0 Å². The van der Waals surface area contributed by atoms with Crippen LogP contribution in [0.4, 0.5) is 10.2 Å². The number of benzene rings is 1. The number of hydrogen-bond donors (Lipinski definition) is 1. The van der Waals surface area contributed by atoms with Gasteiger partial charge in [0.05, 0.1) is 5.02 Å². The second-order valence-corrected chi connectivity index (χ2v) is 4.55. The van der Waals surface area contributed by atoms with Gasteiger partial charge in [-0.1, -0.05) is 16.8 Å². The first-order valence-corrected chi connectivity index (χ1v) is 6.19. The molecule has 1 N–H and O–H groups in total. The lowest BCUT2D eigenvalue weighted by Crippen LogP contribution is -2.30. The molecule has 106 valence electrons. The van der Waals surface area contributed by atoms with E-state index < -0.39 is 17.8 Å². The van der Waals surface area contributed by atoms with Crippen molar-refractivity contribution in [3.63, 3.8) is 0 Å². The summed E-state index contributed by atoms with van der Waals surface area (Å²) in [6.07, 6.45) is -0.824. The van der Waals surface area contributed by atoms with Gasteiger partial charge in [0.1, 0.15) is 17.3 Å². The quantitative estimate of drug-likeness (QED) is 0.941. The number of aryl methyl sites for hydroxylation is 1. The smallest absolute Gasteiger partial charge is 0.266 e. The highest BCUT2D eigenvalue weighted by Crippen LogP contribution is 2.26. The van der Waals surface area contributed by atoms with E-state index in [2.05, 4.69) is 10.5 Å². The van der Waals surface area contributed by atoms with Gasteiger partial charge >= 0.3 is 0 Å². The summed E-state index contributed by atoms with van der Waals surface area (Å²) in [6.45, 7) is 3.25. The van der Waals surface area contributed by atoms with Crippen molar-refractivity contribution >= 4 is 23.3 Å². The van der Waals surface area contributed by atoms with Crippen LogP contribution in [0.15, 0.2) is 28.8 Å². The zero-order valence-electron chi connectivity index (χ0n) is 10.8. The predicted octanol–water partition coefficient (Wildman–Crippen LogP) is 3.18. The van der Waals surface area contributed by atoms with E-state index in [9.17, 15) is 9.18 Å². The van der Waals surface area contributed by atoms with Gasteiger partial charge in [-0.15, -0.1) is 0 Å². The zero-order valence-corrected chi connectivity index (χ0v) is 11.6. The maximum atomic E-state index is 12.9. The highest BCUT2D eigenvalue weighted by atomic mass is 35.5. The van der Waals surface area contributed by atoms with Crippen LogP contribution in [-0.2, 0) is 4.79 Å². The number of rotatable bonds is 4. The van der Waals surface area contributed by atoms with Crippen LogP contribution in [0.5, 0.6) is 5.75 Å². The number of nitrogens with one attached hydrogen (secondary N) is 1. The fraction of sp³-hybridized carbons (Fsp3) is 0.231. The van der Waals surface area contributed by atoms with Crippen LogP contribution in [0.25, 0.3) is 0 Å². The summed E-state index contributed by atoms with van der Waals surface area (Å²) in [7, 11) is 0. The van der Waals surface area contributed by atoms with Gasteiger partial charge < -0.3 is 14.6 Å². The second kappa shape index (κ2) is 5.92. The van der Waals surface area contributed by atoms with Crippen LogP contribution >= 0.6 is 11.6 Å². The summed E-state index contributed by atoms with van der Waals surface area (Å²) in [5, 5.41) is 6.26. The van der Waals surface area contributed by atoms with E-state index in [1.54, 1.807) is 19.9 Å². The van der Waals surface area contributed by atoms with E-state index in [1.165, 1.54) is 12.1 Å². The Morgan fingerprint density at radius 1 is 1.50 bits per heavy atom. The SMILES string of the molecule is Cc1cc(NC(=O)[C@@H](C)Oc2ccc(F)cc2Cl)no1. The number of carbonyl (C=O) groups is 1. The molecule has 0 bridgehead atoms. The number of halogens is 2. The van der Waals surface area contributed by atoms with Crippen LogP contribution in [0.1, 0.15) is 12.7 Å². The molecule has 5 nitrogen and oxygen atoms in total. The summed E-state index contributed by atoms with van der Waals surface area (Å²) in [4.78, 5) is 11.9. The van der Waals surface area contributed by atoms with Gasteiger partial charge in [-0.2, -0.15) is 0 Å². The molecule has 0 fully saturated rings. The maximum absolute atomic E-state index is 12.9. The van der Waals surface area contributed by atoms with Crippen LogP contribution < -0.4 is 10.1 Å². The van der Waals surface area contributed by atoms with Crippen LogP contribution in [0.2, 0.25) is 5.02 Å². The van der Waals surface area contributed by atoms with E-state index >= 15 is 0 Å². The monoisotopic (exact) mass is 298 g/mol. The van der Waals surface area contributed by atoms with Crippen LogP contribution in [0.3, 0.4) is 0 Å². The van der Waals surface area contributed by atoms with Crippen molar-refractivity contribution in [2.24, 2.45) is 0 Å². The lowest BCUT2D eigenvalue weighted by molar-refractivity contribution is -0.122. The Kier molecular flexibility index (Phi) is 4.24. The molecular formula is C13H12ClFN2O3. The van der Waals surface area contributed by atoms with Crippen molar-refractivity contribution in [3.05, 3.63) is 40.9 Å². The van der Waals surface area contributed by atoms with Crippen LogP contribution in [-0.4, -0.2) is 17.2 Å². The Bertz CT molecular complexity index is 630. The topological polar surface area (TPSA) is 64.4 Å². The number of ether oxygens (including phenoxy) is 1. The molecule has 0 saturated heterocycles. The lowest BCUT2D eigenvalue weighted by Gasteiger charge is -2.14. The average molecular weight is 299 g/mol. The lowest BCUT2D eigenvalue weighted by atomic mass is 10.3. The third kappa shape index (κ3) is 3.48. The molecule has 2 aromatic rings. The zero-order chi connectivity index (χ0) is 14.7. The molecule has 1 heterocycles. The minimum atomic E-state index is -0.824. The summed E-state index contributed by atoms with van der Waals surface area (Å²) < 4.78 is 23.1. The van der Waals surface area contributed by atoms with Gasteiger partial charge in [0.15, 0.2) is 11.9 Å². The van der Waals surface area contributed by atoms with E-state index in [1.807, 2.05) is 0 Å². The third-order valence-corrected chi connectivity index (χ3v) is 2.74. The standard InChI is InChI=1S/C13H12ClFN2O3/c1-7-5-12(17-20-7)16-13(18)8(2)19-11-4-3-9(15)6-10(11)14/h3-6,8H,1-2H3,(H,16,17,18)/t8-/m1/s1. The third-order valence-electron chi connectivity index (χ3n) is 2.45. The van der Waals surface area contributed by atoms with Crippen molar-refractivity contribution in [2.45, 2.75) is 20.0 Å². The summed E-state index contributed by atoms with van der Waals surface area (Å²) >= 11 is 5.82. The molecule has 1 atom stereocenters. The molecule has 1 aromatic heterocycles. The number of anilines is 1. The molecule has 0 radical (unpaired) electrons. The Hall–Kier alpha value is -2.08. The normalized spacial score (nSPS) is 12.0. The summed E-state index contributed by atoms with van der Waals surface area (Å²) in [5.74, 6) is 0.215. The fourth-order valence-corrected chi connectivity index (χ4v) is 1.68. The van der Waals surface area contributed by atoms with Gasteiger partial charge in [0.2, 0.25) is 0 Å². The highest BCUT2D eigenvalue weighted by molar-refractivity contribution is 6.32. The van der Waals surface area contributed by atoms with Crippen molar-refractivity contribution in [1.82, 2.24) is 5.16 Å². The Morgan fingerprint density at radius 2 is 2.25 bits per heavy atom. The van der Waals surface area contributed by atoms with Gasteiger partial charge in [-0.3, -0.25) is 4.79 Å². The first-order valence-electron chi connectivity index (χ1n) is 5.81. The van der Waals surface area contributed by atoms with Crippen LogP contribution in [0, 0.1) is 12.7 Å². The summed E-state index contributed by atoms with van der Waals surface area (Å²) in [5.41, 5.74) is 0. The van der Waals surface area contributed by atoms with E-state index in [0.717, 1.165) is 6.07 Å². The van der Waals surface area contributed by atoms with Gasteiger partial charge in [0, 0.05) is 6.07 Å². The molecule has 0 aliphatic rings. The predicted molar refractivity (Wildman–Crippen MR) is 71.4 cm³/mol. The van der Waals surface area contributed by atoms with Crippen molar-refractivity contribution in [3.8, 4) is 5.75 Å². The molecule has 0 aliphatic heterocycles. The second-order valence-electron chi connectivity index (χ2n) is 4.15. The number of hydrogen-bond acceptors (Lipinski definition) is 4. The highest BCUT2D eigenvalue weighted by Gasteiger charge is 2.17. The van der Waals surface area contributed by atoms with Crippen molar-refractivity contribution in [1.29, 1.82) is 0 Å². The minimum absolute atomic E-state index is 0.0990. The van der Waals surface area contributed by atoms with Gasteiger partial charge in [-0.25, -0.2) is 4.39 Å². The van der Waals surface area contributed by atoms with Crippen molar-refractivity contribution in [2.75, 3.05) is 5.32 Å². The Morgan fingerprint density at radius 3 is 2.85 bits per heavy atom. The first-order chi connectivity index (χ1) is 9.45. The molecule has 20 heavy (non-hydrogen) atoms. The Labute approximate surface area is 119 Å². The van der Waals surface area contributed by atoms with Crippen molar-refractivity contribution < 1.29 is 18.4 Å². The summed E-state index contributed by atoms with van der Waals surface area (Å²) in [6, 6.07) is 5.26. The van der Waals surface area contributed by atoms with Gasteiger partial charge in [0.25, 0.3) is 5.91 Å². The van der Waals surface area contributed by atoms with E-state index in [0.29, 0.717) is 11.6 Å². The largest absolute Gasteiger partial charge is 0.479 e. The maximum Gasteiger partial charge on any atom is 0.266 e. The number of amides is 1. The molecular weight excluding hydrogens is 287 g/mol. The molecule has 7 heteroatoms. The number of aromatic nitrogens is 1. The molecule has 2 rings (SSSR count). The Balaban J connectivity index is 2.00. The number of carbonyl (C=O) groups excluding carboxylic acids is 1. The molecule has 0 unspecified atom stereocenters. The number of nitrogens with zero attached hydrogens (tertiary/aromatic N) is 1. The fourth-order valence-electron chi connectivity index (χ4n) is 1.47. The molecule has 1 aromatic carbocycles. The molecule has 0 spiro atoms. The minimum Gasteiger partial charge on any atom is -0.479 e. The average Bonchev–Trinajstić information content (AvgIpc) is 2.78. The molecule has 0 aliphatic carbocycles. The molecule has 1 amide bonds. The van der Waals surface area contributed by atoms with E-state index in [-0.39, 0.29) is 10.8 Å². The van der Waals surface area contributed by atoms with E-state index in [4.69, 9.17) is 20.9 Å². The first kappa shape index (κ1) is 14.3.